The Bertz CT molecular complexity index is 1080. The standard InChI is InChI=1S/C25H26Cl2N2O2/c1-3-23(25(31)28-2)29(16-17-11-13-21(26)22(27)15-17)24(30)14-12-19-9-6-8-18-7-4-5-10-20(18)19/h4-11,13,15,23H,3,12,14,16H2,1-2H3,(H,28,31)/t23-/m1/s1. The maximum atomic E-state index is 13.3. The van der Waals surface area contributed by atoms with Crippen molar-refractivity contribution in [3.05, 3.63) is 81.8 Å². The van der Waals surface area contributed by atoms with Crippen LogP contribution >= 0.6 is 23.2 Å². The Labute approximate surface area is 193 Å². The summed E-state index contributed by atoms with van der Waals surface area (Å²) in [5, 5.41) is 5.85. The van der Waals surface area contributed by atoms with Gasteiger partial charge in [0, 0.05) is 20.0 Å². The lowest BCUT2D eigenvalue weighted by molar-refractivity contribution is -0.141. The molecule has 0 aliphatic carbocycles. The first kappa shape index (κ1) is 23.1. The van der Waals surface area contributed by atoms with Crippen molar-refractivity contribution in [3.63, 3.8) is 0 Å². The van der Waals surface area contributed by atoms with E-state index in [0.29, 0.717) is 29.3 Å². The van der Waals surface area contributed by atoms with E-state index in [-0.39, 0.29) is 18.4 Å². The highest BCUT2D eigenvalue weighted by Gasteiger charge is 2.28. The van der Waals surface area contributed by atoms with Gasteiger partial charge in [-0.1, -0.05) is 78.7 Å². The number of fused-ring (bicyclic) bond motifs is 1. The van der Waals surface area contributed by atoms with Crippen LogP contribution < -0.4 is 5.32 Å². The van der Waals surface area contributed by atoms with Crippen LogP contribution in [-0.2, 0) is 22.6 Å². The van der Waals surface area contributed by atoms with Crippen molar-refractivity contribution in [2.75, 3.05) is 7.05 Å². The van der Waals surface area contributed by atoms with Crippen molar-refractivity contribution in [1.82, 2.24) is 10.2 Å². The molecule has 162 valence electrons. The van der Waals surface area contributed by atoms with E-state index in [2.05, 4.69) is 29.6 Å². The smallest absolute Gasteiger partial charge is 0.242 e. The fourth-order valence-electron chi connectivity index (χ4n) is 3.82. The van der Waals surface area contributed by atoms with Crippen LogP contribution in [0.1, 0.15) is 30.9 Å². The molecular weight excluding hydrogens is 431 g/mol. The molecule has 3 aromatic carbocycles. The van der Waals surface area contributed by atoms with Crippen molar-refractivity contribution >= 4 is 45.8 Å². The molecule has 3 aromatic rings. The minimum Gasteiger partial charge on any atom is -0.357 e. The molecule has 0 saturated heterocycles. The molecule has 1 atom stereocenters. The fourth-order valence-corrected chi connectivity index (χ4v) is 4.14. The van der Waals surface area contributed by atoms with Gasteiger partial charge in [-0.05, 0) is 46.9 Å². The molecule has 0 aromatic heterocycles. The summed E-state index contributed by atoms with van der Waals surface area (Å²) in [5.41, 5.74) is 1.95. The van der Waals surface area contributed by atoms with Crippen molar-refractivity contribution < 1.29 is 9.59 Å². The maximum absolute atomic E-state index is 13.3. The molecule has 0 fully saturated rings. The van der Waals surface area contributed by atoms with Crippen molar-refractivity contribution in [1.29, 1.82) is 0 Å². The number of carbonyl (C=O) groups excluding carboxylic acids is 2. The Morgan fingerprint density at radius 3 is 2.45 bits per heavy atom. The van der Waals surface area contributed by atoms with Gasteiger partial charge in [0.05, 0.1) is 10.0 Å². The lowest BCUT2D eigenvalue weighted by Gasteiger charge is -2.30. The molecule has 3 rings (SSSR count). The zero-order chi connectivity index (χ0) is 22.4. The number of rotatable bonds is 8. The molecule has 6 heteroatoms. The van der Waals surface area contributed by atoms with Crippen LogP contribution in [0, 0.1) is 0 Å². The van der Waals surface area contributed by atoms with E-state index in [4.69, 9.17) is 23.2 Å². The van der Waals surface area contributed by atoms with Crippen molar-refractivity contribution in [3.8, 4) is 0 Å². The third-order valence-electron chi connectivity index (χ3n) is 5.46. The summed E-state index contributed by atoms with van der Waals surface area (Å²) in [7, 11) is 1.59. The van der Waals surface area contributed by atoms with Gasteiger partial charge in [-0.15, -0.1) is 0 Å². The Hall–Kier alpha value is -2.56. The first-order valence-corrected chi connectivity index (χ1v) is 11.1. The van der Waals surface area contributed by atoms with Gasteiger partial charge in [0.2, 0.25) is 11.8 Å². The van der Waals surface area contributed by atoms with E-state index in [0.717, 1.165) is 21.9 Å². The van der Waals surface area contributed by atoms with Gasteiger partial charge in [0.25, 0.3) is 0 Å². The number of likely N-dealkylation sites (N-methyl/N-ethyl adjacent to an activating group) is 1. The largest absolute Gasteiger partial charge is 0.357 e. The zero-order valence-corrected chi connectivity index (χ0v) is 19.2. The molecule has 0 bridgehead atoms. The SMILES string of the molecule is CC[C@H](C(=O)NC)N(Cc1ccc(Cl)c(Cl)c1)C(=O)CCc1cccc2ccccc12. The van der Waals surface area contributed by atoms with Gasteiger partial charge in [-0.25, -0.2) is 0 Å². The highest BCUT2D eigenvalue weighted by Crippen LogP contribution is 2.25. The summed E-state index contributed by atoms with van der Waals surface area (Å²) >= 11 is 12.2. The monoisotopic (exact) mass is 456 g/mol. The maximum Gasteiger partial charge on any atom is 0.242 e. The Morgan fingerprint density at radius 1 is 1.00 bits per heavy atom. The third kappa shape index (κ3) is 5.57. The highest BCUT2D eigenvalue weighted by molar-refractivity contribution is 6.42. The van der Waals surface area contributed by atoms with Gasteiger partial charge >= 0.3 is 0 Å². The van der Waals surface area contributed by atoms with Gasteiger partial charge < -0.3 is 10.2 Å². The van der Waals surface area contributed by atoms with Crippen molar-refractivity contribution in [2.45, 2.75) is 38.8 Å². The molecule has 0 saturated carbocycles. The molecule has 1 N–H and O–H groups in total. The van der Waals surface area contributed by atoms with Crippen LogP contribution in [0.5, 0.6) is 0 Å². The Morgan fingerprint density at radius 2 is 1.74 bits per heavy atom. The van der Waals surface area contributed by atoms with Gasteiger partial charge in [0.15, 0.2) is 0 Å². The number of benzene rings is 3. The molecule has 2 amide bonds. The highest BCUT2D eigenvalue weighted by atomic mass is 35.5. The molecule has 0 heterocycles. The second kappa shape index (κ2) is 10.7. The van der Waals surface area contributed by atoms with E-state index in [1.165, 1.54) is 0 Å². The molecule has 0 spiro atoms. The number of hydrogen-bond acceptors (Lipinski definition) is 2. The van der Waals surface area contributed by atoms with Crippen LogP contribution in [0.25, 0.3) is 10.8 Å². The number of carbonyl (C=O) groups is 2. The summed E-state index contributed by atoms with van der Waals surface area (Å²) in [6.45, 7) is 2.19. The fraction of sp³-hybridized carbons (Fsp3) is 0.280. The zero-order valence-electron chi connectivity index (χ0n) is 17.7. The summed E-state index contributed by atoms with van der Waals surface area (Å²) < 4.78 is 0. The van der Waals surface area contributed by atoms with Crippen LogP contribution in [-0.4, -0.2) is 29.8 Å². The first-order chi connectivity index (χ1) is 14.9. The van der Waals surface area contributed by atoms with Crippen molar-refractivity contribution in [2.24, 2.45) is 0 Å². The van der Waals surface area contributed by atoms with Crippen LogP contribution in [0.15, 0.2) is 60.7 Å². The Kier molecular flexibility index (Phi) is 7.94. The van der Waals surface area contributed by atoms with Gasteiger partial charge in [-0.3, -0.25) is 9.59 Å². The minimum absolute atomic E-state index is 0.0746. The summed E-state index contributed by atoms with van der Waals surface area (Å²) in [6, 6.07) is 19.0. The summed E-state index contributed by atoms with van der Waals surface area (Å²) in [4.78, 5) is 27.5. The first-order valence-electron chi connectivity index (χ1n) is 10.4. The topological polar surface area (TPSA) is 49.4 Å². The van der Waals surface area contributed by atoms with E-state index >= 15 is 0 Å². The van der Waals surface area contributed by atoms with Gasteiger partial charge in [0.1, 0.15) is 6.04 Å². The number of nitrogens with zero attached hydrogens (tertiary/aromatic N) is 1. The molecule has 31 heavy (non-hydrogen) atoms. The van der Waals surface area contributed by atoms with E-state index in [9.17, 15) is 9.59 Å². The number of hydrogen-bond donors (Lipinski definition) is 1. The Balaban J connectivity index is 1.84. The van der Waals surface area contributed by atoms with Crippen LogP contribution in [0.2, 0.25) is 10.0 Å². The number of nitrogens with one attached hydrogen (secondary N) is 1. The average molecular weight is 457 g/mol. The second-order valence-corrected chi connectivity index (χ2v) is 8.26. The van der Waals surface area contributed by atoms with Crippen LogP contribution in [0.3, 0.4) is 0 Å². The van der Waals surface area contributed by atoms with Gasteiger partial charge in [-0.2, -0.15) is 0 Å². The van der Waals surface area contributed by atoms with E-state index in [1.807, 2.05) is 31.2 Å². The minimum atomic E-state index is -0.556. The molecule has 0 aliphatic rings. The third-order valence-corrected chi connectivity index (χ3v) is 6.20. The second-order valence-electron chi connectivity index (χ2n) is 7.45. The lowest BCUT2D eigenvalue weighted by atomic mass is 10.00. The summed E-state index contributed by atoms with van der Waals surface area (Å²) in [6.07, 6.45) is 1.42. The van der Waals surface area contributed by atoms with Crippen LogP contribution in [0.4, 0.5) is 0 Å². The van der Waals surface area contributed by atoms with E-state index in [1.54, 1.807) is 24.1 Å². The average Bonchev–Trinajstić information content (AvgIpc) is 2.79. The number of aryl methyl sites for hydroxylation is 1. The number of halogens is 2. The summed E-state index contributed by atoms with van der Waals surface area (Å²) in [5.74, 6) is -0.254. The molecule has 0 radical (unpaired) electrons. The predicted octanol–water partition coefficient (Wildman–Crippen LogP) is 5.63. The quantitative estimate of drug-likeness (QED) is 0.477. The molecule has 0 unspecified atom stereocenters. The van der Waals surface area contributed by atoms with E-state index < -0.39 is 6.04 Å². The molecule has 4 nitrogen and oxygen atoms in total. The number of amides is 2. The molecule has 0 aliphatic heterocycles. The lowest BCUT2D eigenvalue weighted by Crippen LogP contribution is -2.48. The normalized spacial score (nSPS) is 11.9. The molecular formula is C25H26Cl2N2O2. The predicted molar refractivity (Wildman–Crippen MR) is 127 cm³/mol.